The number of hydrogen-bond donors (Lipinski definition) is 1. The van der Waals surface area contributed by atoms with Crippen LogP contribution in [-0.2, 0) is 9.59 Å². The Morgan fingerprint density at radius 3 is 2.25 bits per heavy atom. The minimum Gasteiger partial charge on any atom is -0.393 e. The minimum absolute atomic E-state index is 0.0393. The summed E-state index contributed by atoms with van der Waals surface area (Å²) in [5.74, 6) is 0.464. The molecular weight excluding hydrogens is 272 g/mol. The van der Waals surface area contributed by atoms with E-state index in [-0.39, 0.29) is 29.1 Å². The van der Waals surface area contributed by atoms with Crippen LogP contribution in [0.1, 0.15) is 46.5 Å². The Hall–Kier alpha value is -0.970. The van der Waals surface area contributed by atoms with E-state index in [4.69, 9.17) is 18.0 Å². The molecule has 2 amide bonds. The van der Waals surface area contributed by atoms with Crippen molar-refractivity contribution in [3.05, 3.63) is 0 Å². The Morgan fingerprint density at radius 1 is 1.30 bits per heavy atom. The number of imide groups is 1. The summed E-state index contributed by atoms with van der Waals surface area (Å²) in [5, 5.41) is 0. The van der Waals surface area contributed by atoms with Crippen LogP contribution in [0.2, 0.25) is 0 Å². The number of rotatable bonds is 5. The SMILES string of the molecule is CC1CC2C(=O)N(CCCC(C)(C)C(N)=S)C(=O)C2C1. The molecule has 0 bridgehead atoms. The van der Waals surface area contributed by atoms with Crippen LogP contribution in [0.3, 0.4) is 0 Å². The number of fused-ring (bicyclic) bond motifs is 1. The van der Waals surface area contributed by atoms with Gasteiger partial charge in [-0.3, -0.25) is 14.5 Å². The van der Waals surface area contributed by atoms with Crippen molar-refractivity contribution in [3.8, 4) is 0 Å². The Kier molecular flexibility index (Phi) is 4.19. The maximum Gasteiger partial charge on any atom is 0.233 e. The number of likely N-dealkylation sites (tertiary alicyclic amines) is 1. The lowest BCUT2D eigenvalue weighted by atomic mass is 9.88. The molecule has 1 heterocycles. The molecule has 112 valence electrons. The number of carbonyl (C=O) groups is 2. The highest BCUT2D eigenvalue weighted by atomic mass is 32.1. The lowest BCUT2D eigenvalue weighted by Crippen LogP contribution is -2.35. The van der Waals surface area contributed by atoms with E-state index in [1.54, 1.807) is 0 Å². The Balaban J connectivity index is 1.91. The smallest absolute Gasteiger partial charge is 0.233 e. The lowest BCUT2D eigenvalue weighted by molar-refractivity contribution is -0.140. The number of amides is 2. The first-order valence-electron chi connectivity index (χ1n) is 7.39. The Morgan fingerprint density at radius 2 is 1.80 bits per heavy atom. The van der Waals surface area contributed by atoms with Gasteiger partial charge in [0.2, 0.25) is 11.8 Å². The van der Waals surface area contributed by atoms with Crippen molar-refractivity contribution in [1.29, 1.82) is 0 Å². The van der Waals surface area contributed by atoms with Crippen LogP contribution in [-0.4, -0.2) is 28.2 Å². The summed E-state index contributed by atoms with van der Waals surface area (Å²) < 4.78 is 0. The van der Waals surface area contributed by atoms with Crippen molar-refractivity contribution in [3.63, 3.8) is 0 Å². The standard InChI is InChI=1S/C15H24N2O2S/c1-9-7-10-11(8-9)13(19)17(12(10)18)6-4-5-15(2,3)14(16)20/h9-11H,4-8H2,1-3H3,(H2,16,20). The second kappa shape index (κ2) is 5.43. The largest absolute Gasteiger partial charge is 0.393 e. The van der Waals surface area contributed by atoms with Gasteiger partial charge < -0.3 is 5.73 Å². The zero-order valence-electron chi connectivity index (χ0n) is 12.5. The van der Waals surface area contributed by atoms with Crippen molar-refractivity contribution in [1.82, 2.24) is 4.90 Å². The quantitative estimate of drug-likeness (QED) is 0.623. The van der Waals surface area contributed by atoms with E-state index in [0.29, 0.717) is 17.5 Å². The first-order chi connectivity index (χ1) is 9.24. The van der Waals surface area contributed by atoms with Crippen molar-refractivity contribution in [2.24, 2.45) is 28.9 Å². The predicted octanol–water partition coefficient (Wildman–Crippen LogP) is 2.11. The molecule has 0 radical (unpaired) electrons. The van der Waals surface area contributed by atoms with E-state index < -0.39 is 0 Å². The molecule has 4 nitrogen and oxygen atoms in total. The molecule has 1 saturated carbocycles. The van der Waals surface area contributed by atoms with E-state index >= 15 is 0 Å². The van der Waals surface area contributed by atoms with E-state index in [2.05, 4.69) is 6.92 Å². The molecule has 5 heteroatoms. The fourth-order valence-corrected chi connectivity index (χ4v) is 3.47. The van der Waals surface area contributed by atoms with Crippen LogP contribution in [0.5, 0.6) is 0 Å². The van der Waals surface area contributed by atoms with Gasteiger partial charge in [0.05, 0.1) is 16.8 Å². The van der Waals surface area contributed by atoms with Gasteiger partial charge in [0.15, 0.2) is 0 Å². The number of nitrogens with two attached hydrogens (primary N) is 1. The third-order valence-corrected chi connectivity index (χ3v) is 5.37. The lowest BCUT2D eigenvalue weighted by Gasteiger charge is -2.24. The van der Waals surface area contributed by atoms with Gasteiger partial charge in [-0.25, -0.2) is 0 Å². The molecule has 2 N–H and O–H groups in total. The zero-order valence-corrected chi connectivity index (χ0v) is 13.3. The van der Waals surface area contributed by atoms with Crippen LogP contribution < -0.4 is 5.73 Å². The molecule has 0 aromatic heterocycles. The van der Waals surface area contributed by atoms with Gasteiger partial charge in [0.1, 0.15) is 0 Å². The molecule has 0 aromatic carbocycles. The second-order valence-electron chi connectivity index (χ2n) is 6.97. The monoisotopic (exact) mass is 296 g/mol. The van der Waals surface area contributed by atoms with Gasteiger partial charge in [-0.15, -0.1) is 0 Å². The van der Waals surface area contributed by atoms with E-state index in [0.717, 1.165) is 25.7 Å². The summed E-state index contributed by atoms with van der Waals surface area (Å²) >= 11 is 5.03. The van der Waals surface area contributed by atoms with Crippen molar-refractivity contribution in [2.45, 2.75) is 46.5 Å². The van der Waals surface area contributed by atoms with Gasteiger partial charge in [-0.2, -0.15) is 0 Å². The van der Waals surface area contributed by atoms with Gasteiger partial charge in [-0.05, 0) is 31.6 Å². The highest BCUT2D eigenvalue weighted by molar-refractivity contribution is 7.80. The zero-order chi connectivity index (χ0) is 15.1. The summed E-state index contributed by atoms with van der Waals surface area (Å²) in [4.78, 5) is 26.5. The van der Waals surface area contributed by atoms with Crippen LogP contribution in [0.25, 0.3) is 0 Å². The maximum atomic E-state index is 12.3. The number of nitrogens with zero attached hydrogens (tertiary/aromatic N) is 1. The molecule has 2 rings (SSSR count). The van der Waals surface area contributed by atoms with E-state index in [9.17, 15) is 9.59 Å². The Bertz CT molecular complexity index is 423. The number of hydrogen-bond acceptors (Lipinski definition) is 3. The van der Waals surface area contributed by atoms with Crippen molar-refractivity contribution in [2.75, 3.05) is 6.54 Å². The molecule has 0 aromatic rings. The molecule has 2 atom stereocenters. The molecular formula is C15H24N2O2S. The fourth-order valence-electron chi connectivity index (χ4n) is 3.37. The van der Waals surface area contributed by atoms with Gasteiger partial charge >= 0.3 is 0 Å². The van der Waals surface area contributed by atoms with E-state index in [1.807, 2.05) is 13.8 Å². The molecule has 0 spiro atoms. The molecule has 20 heavy (non-hydrogen) atoms. The fraction of sp³-hybridized carbons (Fsp3) is 0.800. The highest BCUT2D eigenvalue weighted by Crippen LogP contribution is 2.43. The van der Waals surface area contributed by atoms with Crippen LogP contribution >= 0.6 is 12.2 Å². The maximum absolute atomic E-state index is 12.3. The first kappa shape index (κ1) is 15.4. The average molecular weight is 296 g/mol. The molecule has 1 aliphatic carbocycles. The summed E-state index contributed by atoms with van der Waals surface area (Å²) in [6, 6.07) is 0. The molecule has 2 unspecified atom stereocenters. The van der Waals surface area contributed by atoms with E-state index in [1.165, 1.54) is 4.90 Å². The molecule has 2 aliphatic rings. The third kappa shape index (κ3) is 2.73. The van der Waals surface area contributed by atoms with Crippen LogP contribution in [0.15, 0.2) is 0 Å². The molecule has 1 aliphatic heterocycles. The average Bonchev–Trinajstić information content (AvgIpc) is 2.82. The van der Waals surface area contributed by atoms with Gasteiger partial charge in [0.25, 0.3) is 0 Å². The number of carbonyl (C=O) groups excluding carboxylic acids is 2. The second-order valence-corrected chi connectivity index (χ2v) is 7.41. The summed E-state index contributed by atoms with van der Waals surface area (Å²) in [5.41, 5.74) is 5.48. The topological polar surface area (TPSA) is 63.4 Å². The van der Waals surface area contributed by atoms with Gasteiger partial charge in [0, 0.05) is 12.0 Å². The van der Waals surface area contributed by atoms with Gasteiger partial charge in [-0.1, -0.05) is 33.0 Å². The third-order valence-electron chi connectivity index (χ3n) is 4.82. The minimum atomic E-state index is -0.217. The number of thiocarbonyl (C=S) groups is 1. The molecule has 2 fully saturated rings. The van der Waals surface area contributed by atoms with Crippen LogP contribution in [0, 0.1) is 23.2 Å². The summed E-state index contributed by atoms with van der Waals surface area (Å²) in [6.07, 6.45) is 3.29. The highest BCUT2D eigenvalue weighted by Gasteiger charge is 2.51. The summed E-state index contributed by atoms with van der Waals surface area (Å²) in [6.45, 7) is 6.62. The molecule has 1 saturated heterocycles. The normalized spacial score (nSPS) is 29.9. The van der Waals surface area contributed by atoms with Crippen molar-refractivity contribution >= 4 is 29.0 Å². The predicted molar refractivity (Wildman–Crippen MR) is 81.9 cm³/mol. The first-order valence-corrected chi connectivity index (χ1v) is 7.80. The van der Waals surface area contributed by atoms with Crippen molar-refractivity contribution < 1.29 is 9.59 Å². The van der Waals surface area contributed by atoms with Crippen LogP contribution in [0.4, 0.5) is 0 Å². The summed E-state index contributed by atoms with van der Waals surface area (Å²) in [7, 11) is 0. The Labute approximate surface area is 126 Å².